The van der Waals surface area contributed by atoms with Crippen molar-refractivity contribution in [3.8, 4) is 5.75 Å². The van der Waals surface area contributed by atoms with E-state index in [9.17, 15) is 9.59 Å². The Hall–Kier alpha value is -1.86. The molecule has 112 valence electrons. The van der Waals surface area contributed by atoms with Crippen molar-refractivity contribution in [1.29, 1.82) is 0 Å². The zero-order valence-corrected chi connectivity index (χ0v) is 12.6. The van der Waals surface area contributed by atoms with Crippen LogP contribution in [0.15, 0.2) is 28.2 Å². The quantitative estimate of drug-likeness (QED) is 0.736. The standard InChI is InChI=1S/C14H14BrNO5/c15-10-1-2-12-8(6-10)5-9(7-21-12)13(18)16-11(3-4-17)14(19)20/h1-2,5-6,11,17H,3-4,7H2,(H,16,18)(H,19,20)/t11-/m1/s1. The van der Waals surface area contributed by atoms with Crippen LogP contribution in [0.3, 0.4) is 0 Å². The highest BCUT2D eigenvalue weighted by atomic mass is 79.9. The predicted octanol–water partition coefficient (Wildman–Crippen LogP) is 1.18. The lowest BCUT2D eigenvalue weighted by molar-refractivity contribution is -0.141. The van der Waals surface area contributed by atoms with Crippen LogP contribution in [0.5, 0.6) is 5.75 Å². The number of carbonyl (C=O) groups is 2. The molecular weight excluding hydrogens is 342 g/mol. The third-order valence-corrected chi connectivity index (χ3v) is 3.49. The number of carboxylic acid groups (broad SMARTS) is 1. The summed E-state index contributed by atoms with van der Waals surface area (Å²) in [6.07, 6.45) is 1.62. The molecule has 0 saturated heterocycles. The highest BCUT2D eigenvalue weighted by Gasteiger charge is 2.23. The zero-order valence-electron chi connectivity index (χ0n) is 11.0. The normalized spacial score (nSPS) is 14.5. The van der Waals surface area contributed by atoms with Crippen LogP contribution in [0.1, 0.15) is 12.0 Å². The van der Waals surface area contributed by atoms with Crippen LogP contribution in [0.2, 0.25) is 0 Å². The van der Waals surface area contributed by atoms with Gasteiger partial charge in [0.15, 0.2) is 0 Å². The Morgan fingerprint density at radius 3 is 2.86 bits per heavy atom. The van der Waals surface area contributed by atoms with Gasteiger partial charge in [0, 0.05) is 23.1 Å². The molecule has 0 spiro atoms. The molecule has 0 fully saturated rings. The summed E-state index contributed by atoms with van der Waals surface area (Å²) in [6, 6.07) is 4.31. The Morgan fingerprint density at radius 2 is 2.19 bits per heavy atom. The van der Waals surface area contributed by atoms with E-state index in [-0.39, 0.29) is 19.6 Å². The minimum atomic E-state index is -1.18. The highest BCUT2D eigenvalue weighted by Crippen LogP contribution is 2.29. The number of hydrogen-bond donors (Lipinski definition) is 3. The van der Waals surface area contributed by atoms with Gasteiger partial charge in [0.1, 0.15) is 18.4 Å². The lowest BCUT2D eigenvalue weighted by Gasteiger charge is -2.19. The lowest BCUT2D eigenvalue weighted by atomic mass is 10.1. The fraction of sp³-hybridized carbons (Fsp3) is 0.286. The van der Waals surface area contributed by atoms with Crippen LogP contribution < -0.4 is 10.1 Å². The van der Waals surface area contributed by atoms with Gasteiger partial charge in [0.05, 0.1) is 5.57 Å². The first kappa shape index (κ1) is 15.5. The number of rotatable bonds is 5. The monoisotopic (exact) mass is 355 g/mol. The summed E-state index contributed by atoms with van der Waals surface area (Å²) in [5, 5.41) is 20.1. The number of aliphatic hydroxyl groups excluding tert-OH is 1. The van der Waals surface area contributed by atoms with Gasteiger partial charge in [0.2, 0.25) is 0 Å². The van der Waals surface area contributed by atoms with Gasteiger partial charge in [-0.3, -0.25) is 4.79 Å². The second-order valence-corrected chi connectivity index (χ2v) is 5.43. The SMILES string of the molecule is O=C(N[C@H](CCO)C(=O)O)C1=Cc2cc(Br)ccc2OC1. The Morgan fingerprint density at radius 1 is 1.43 bits per heavy atom. The van der Waals surface area contributed by atoms with Crippen molar-refractivity contribution < 1.29 is 24.5 Å². The fourth-order valence-electron chi connectivity index (χ4n) is 1.92. The molecule has 0 aliphatic carbocycles. The van der Waals surface area contributed by atoms with E-state index in [1.165, 1.54) is 0 Å². The minimum absolute atomic E-state index is 0.0443. The van der Waals surface area contributed by atoms with Gasteiger partial charge in [-0.15, -0.1) is 0 Å². The van der Waals surface area contributed by atoms with Gasteiger partial charge in [-0.05, 0) is 24.3 Å². The van der Waals surface area contributed by atoms with Gasteiger partial charge >= 0.3 is 5.97 Å². The molecule has 1 aliphatic heterocycles. The van der Waals surface area contributed by atoms with Crippen LogP contribution in [-0.4, -0.2) is 41.3 Å². The summed E-state index contributed by atoms with van der Waals surface area (Å²) < 4.78 is 6.32. The van der Waals surface area contributed by atoms with E-state index in [0.717, 1.165) is 10.0 Å². The number of nitrogens with one attached hydrogen (secondary N) is 1. The first-order valence-electron chi connectivity index (χ1n) is 6.28. The molecule has 1 heterocycles. The molecule has 7 heteroatoms. The van der Waals surface area contributed by atoms with Crippen molar-refractivity contribution in [2.24, 2.45) is 0 Å². The number of hydrogen-bond acceptors (Lipinski definition) is 4. The van der Waals surface area contributed by atoms with Gasteiger partial charge in [-0.2, -0.15) is 0 Å². The van der Waals surface area contributed by atoms with E-state index in [2.05, 4.69) is 21.2 Å². The van der Waals surface area contributed by atoms with E-state index in [1.54, 1.807) is 12.1 Å². The molecule has 0 radical (unpaired) electrons. The van der Waals surface area contributed by atoms with Crippen molar-refractivity contribution in [3.05, 3.63) is 33.8 Å². The molecule has 1 atom stereocenters. The minimum Gasteiger partial charge on any atom is -0.488 e. The molecule has 0 bridgehead atoms. The van der Waals surface area contributed by atoms with Crippen molar-refractivity contribution in [1.82, 2.24) is 5.32 Å². The maximum Gasteiger partial charge on any atom is 0.326 e. The van der Waals surface area contributed by atoms with Crippen LogP contribution in [0.25, 0.3) is 6.08 Å². The van der Waals surface area contributed by atoms with Crippen LogP contribution >= 0.6 is 15.9 Å². The largest absolute Gasteiger partial charge is 0.488 e. The van der Waals surface area contributed by atoms with Gasteiger partial charge < -0.3 is 20.3 Å². The van der Waals surface area contributed by atoms with Crippen molar-refractivity contribution >= 4 is 33.9 Å². The van der Waals surface area contributed by atoms with Gasteiger partial charge in [-0.1, -0.05) is 15.9 Å². The third kappa shape index (κ3) is 3.83. The van der Waals surface area contributed by atoms with Gasteiger partial charge in [-0.25, -0.2) is 4.79 Å². The number of benzene rings is 1. The average molecular weight is 356 g/mol. The van der Waals surface area contributed by atoms with Crippen LogP contribution in [0, 0.1) is 0 Å². The molecule has 1 aromatic rings. The van der Waals surface area contributed by atoms with E-state index in [4.69, 9.17) is 14.9 Å². The molecule has 0 saturated carbocycles. The molecule has 2 rings (SSSR count). The number of aliphatic carboxylic acids is 1. The number of ether oxygens (including phenoxy) is 1. The summed E-state index contributed by atoms with van der Waals surface area (Å²) in [5.41, 5.74) is 1.08. The summed E-state index contributed by atoms with van der Waals surface area (Å²) in [6.45, 7) is -0.242. The van der Waals surface area contributed by atoms with Crippen molar-refractivity contribution in [2.75, 3.05) is 13.2 Å². The molecule has 3 N–H and O–H groups in total. The maximum atomic E-state index is 12.1. The number of aliphatic hydroxyl groups is 1. The number of fused-ring (bicyclic) bond motifs is 1. The van der Waals surface area contributed by atoms with Crippen LogP contribution in [-0.2, 0) is 9.59 Å². The number of carbonyl (C=O) groups excluding carboxylic acids is 1. The maximum absolute atomic E-state index is 12.1. The Labute approximate surface area is 129 Å². The molecule has 0 aromatic heterocycles. The van der Waals surface area contributed by atoms with Crippen LogP contribution in [0.4, 0.5) is 0 Å². The predicted molar refractivity (Wildman–Crippen MR) is 78.9 cm³/mol. The summed E-state index contributed by atoms with van der Waals surface area (Å²) in [4.78, 5) is 23.0. The Kier molecular flexibility index (Phi) is 4.98. The summed E-state index contributed by atoms with van der Waals surface area (Å²) >= 11 is 3.34. The lowest BCUT2D eigenvalue weighted by Crippen LogP contribution is -2.42. The van der Waals surface area contributed by atoms with E-state index >= 15 is 0 Å². The Bertz CT molecular complexity index is 599. The molecule has 0 unspecified atom stereocenters. The molecular formula is C14H14BrNO5. The molecule has 1 aliphatic rings. The van der Waals surface area contributed by atoms with Crippen molar-refractivity contribution in [3.63, 3.8) is 0 Å². The first-order chi connectivity index (χ1) is 10.0. The second-order valence-electron chi connectivity index (χ2n) is 4.52. The van der Waals surface area contributed by atoms with E-state index < -0.39 is 17.9 Å². The topological polar surface area (TPSA) is 95.9 Å². The molecule has 6 nitrogen and oxygen atoms in total. The number of amides is 1. The highest BCUT2D eigenvalue weighted by molar-refractivity contribution is 9.10. The van der Waals surface area contributed by atoms with Crippen molar-refractivity contribution in [2.45, 2.75) is 12.5 Å². The number of halogens is 1. The molecule has 21 heavy (non-hydrogen) atoms. The fourth-order valence-corrected chi connectivity index (χ4v) is 2.30. The molecule has 1 aromatic carbocycles. The average Bonchev–Trinajstić information content (AvgIpc) is 2.45. The van der Waals surface area contributed by atoms with E-state index in [0.29, 0.717) is 11.3 Å². The first-order valence-corrected chi connectivity index (χ1v) is 7.08. The van der Waals surface area contributed by atoms with E-state index in [1.807, 2.05) is 12.1 Å². The third-order valence-electron chi connectivity index (χ3n) is 3.00. The zero-order chi connectivity index (χ0) is 15.4. The summed E-state index contributed by atoms with van der Waals surface area (Å²) in [7, 11) is 0. The Balaban J connectivity index is 2.15. The second kappa shape index (κ2) is 6.73. The number of carboxylic acids is 1. The molecule has 1 amide bonds. The smallest absolute Gasteiger partial charge is 0.326 e. The van der Waals surface area contributed by atoms with Gasteiger partial charge in [0.25, 0.3) is 5.91 Å². The summed E-state index contributed by atoms with van der Waals surface area (Å²) in [5.74, 6) is -1.03.